The van der Waals surface area contributed by atoms with Crippen LogP contribution in [-0.4, -0.2) is 33.6 Å². The molecule has 0 unspecified atom stereocenters. The third kappa shape index (κ3) is 4.91. The van der Waals surface area contributed by atoms with E-state index in [1.807, 2.05) is 0 Å². The highest BCUT2D eigenvalue weighted by Crippen LogP contribution is 2.22. The Morgan fingerprint density at radius 3 is 2.43 bits per heavy atom. The van der Waals surface area contributed by atoms with Crippen LogP contribution in [0.25, 0.3) is 0 Å². The van der Waals surface area contributed by atoms with Gasteiger partial charge in [-0.15, -0.1) is 12.4 Å². The normalized spacial score (nSPS) is 21.3. The molecule has 3 N–H and O–H groups in total. The highest BCUT2D eigenvalue weighted by atomic mass is 35.5. The van der Waals surface area contributed by atoms with Gasteiger partial charge in [-0.05, 0) is 50.3 Å². The summed E-state index contributed by atoms with van der Waals surface area (Å²) in [5.74, 6) is -0.555. The molecule has 1 aliphatic carbocycles. The fourth-order valence-electron chi connectivity index (χ4n) is 2.65. The van der Waals surface area contributed by atoms with Crippen LogP contribution in [0.2, 0.25) is 0 Å². The van der Waals surface area contributed by atoms with E-state index in [2.05, 4.69) is 9.46 Å². The third-order valence-corrected chi connectivity index (χ3v) is 5.65. The SMILES string of the molecule is COC(=O)c1ccc(C)c(S(=O)(=O)NC2CCC(N)CC2)c1.Cl. The molecule has 6 nitrogen and oxygen atoms in total. The van der Waals surface area contributed by atoms with Crippen LogP contribution in [0, 0.1) is 6.92 Å². The first-order valence-electron chi connectivity index (χ1n) is 7.30. The highest BCUT2D eigenvalue weighted by Gasteiger charge is 2.26. The Hall–Kier alpha value is -1.15. The number of carbonyl (C=O) groups is 1. The van der Waals surface area contributed by atoms with Gasteiger partial charge in [0, 0.05) is 12.1 Å². The second kappa shape index (κ2) is 8.10. The van der Waals surface area contributed by atoms with Crippen LogP contribution in [0.15, 0.2) is 23.1 Å². The molecule has 0 bridgehead atoms. The molecule has 1 aromatic rings. The van der Waals surface area contributed by atoms with Crippen molar-refractivity contribution < 1.29 is 17.9 Å². The molecule has 0 spiro atoms. The Bertz CT molecular complexity index is 655. The first-order valence-corrected chi connectivity index (χ1v) is 8.78. The maximum Gasteiger partial charge on any atom is 0.337 e. The van der Waals surface area contributed by atoms with Crippen molar-refractivity contribution in [3.05, 3.63) is 29.3 Å². The van der Waals surface area contributed by atoms with Gasteiger partial charge < -0.3 is 10.5 Å². The van der Waals surface area contributed by atoms with Crippen LogP contribution in [0.1, 0.15) is 41.6 Å². The lowest BCUT2D eigenvalue weighted by Crippen LogP contribution is -2.40. The van der Waals surface area contributed by atoms with Gasteiger partial charge in [0.25, 0.3) is 0 Å². The number of ether oxygens (including phenoxy) is 1. The van der Waals surface area contributed by atoms with Gasteiger partial charge in [0.15, 0.2) is 0 Å². The van der Waals surface area contributed by atoms with Gasteiger partial charge in [0.05, 0.1) is 17.6 Å². The molecule has 1 aliphatic rings. The van der Waals surface area contributed by atoms with Crippen molar-refractivity contribution in [2.45, 2.75) is 49.6 Å². The Kier molecular flexibility index (Phi) is 7.01. The number of rotatable bonds is 4. The summed E-state index contributed by atoms with van der Waals surface area (Å²) in [6, 6.07) is 4.58. The van der Waals surface area contributed by atoms with E-state index in [4.69, 9.17) is 5.73 Å². The number of hydrogen-bond donors (Lipinski definition) is 2. The number of esters is 1. The van der Waals surface area contributed by atoms with E-state index in [9.17, 15) is 13.2 Å². The minimum atomic E-state index is -3.67. The van der Waals surface area contributed by atoms with Crippen LogP contribution in [-0.2, 0) is 14.8 Å². The van der Waals surface area contributed by atoms with Crippen molar-refractivity contribution in [3.63, 3.8) is 0 Å². The van der Waals surface area contributed by atoms with Gasteiger partial charge in [-0.3, -0.25) is 0 Å². The zero-order valence-corrected chi connectivity index (χ0v) is 14.9. The minimum Gasteiger partial charge on any atom is -0.465 e. The van der Waals surface area contributed by atoms with E-state index < -0.39 is 16.0 Å². The number of hydrogen-bond acceptors (Lipinski definition) is 5. The lowest BCUT2D eigenvalue weighted by atomic mass is 9.93. The van der Waals surface area contributed by atoms with Gasteiger partial charge in [0.2, 0.25) is 10.0 Å². The van der Waals surface area contributed by atoms with E-state index in [0.29, 0.717) is 5.56 Å². The molecule has 0 radical (unpaired) electrons. The number of benzene rings is 1. The molecule has 0 aliphatic heterocycles. The molecule has 1 fully saturated rings. The summed E-state index contributed by atoms with van der Waals surface area (Å²) in [5, 5.41) is 0. The summed E-state index contributed by atoms with van der Waals surface area (Å²) < 4.78 is 32.5. The highest BCUT2D eigenvalue weighted by molar-refractivity contribution is 7.89. The lowest BCUT2D eigenvalue weighted by molar-refractivity contribution is 0.0600. The van der Waals surface area contributed by atoms with Crippen molar-refractivity contribution in [1.29, 1.82) is 0 Å². The van der Waals surface area contributed by atoms with Gasteiger partial charge >= 0.3 is 5.97 Å². The summed E-state index contributed by atoms with van der Waals surface area (Å²) in [6.07, 6.45) is 3.09. The van der Waals surface area contributed by atoms with Crippen molar-refractivity contribution >= 4 is 28.4 Å². The Labute approximate surface area is 143 Å². The van der Waals surface area contributed by atoms with E-state index in [-0.39, 0.29) is 34.9 Å². The predicted octanol–water partition coefficient (Wildman–Crippen LogP) is 1.75. The maximum atomic E-state index is 12.6. The summed E-state index contributed by atoms with van der Waals surface area (Å²) >= 11 is 0. The second-order valence-electron chi connectivity index (χ2n) is 5.70. The summed E-state index contributed by atoms with van der Waals surface area (Å²) in [4.78, 5) is 11.7. The quantitative estimate of drug-likeness (QED) is 0.795. The molecule has 8 heteroatoms. The Morgan fingerprint density at radius 1 is 1.26 bits per heavy atom. The number of nitrogens with one attached hydrogen (secondary N) is 1. The molecule has 0 saturated heterocycles. The molecule has 2 rings (SSSR count). The molecule has 0 atom stereocenters. The van der Waals surface area contributed by atoms with E-state index >= 15 is 0 Å². The Balaban J connectivity index is 0.00000264. The van der Waals surface area contributed by atoms with Gasteiger partial charge in [-0.1, -0.05) is 6.07 Å². The average molecular weight is 363 g/mol. The fraction of sp³-hybridized carbons (Fsp3) is 0.533. The lowest BCUT2D eigenvalue weighted by Gasteiger charge is -2.26. The van der Waals surface area contributed by atoms with Gasteiger partial charge in [0.1, 0.15) is 0 Å². The summed E-state index contributed by atoms with van der Waals surface area (Å²) in [6.45, 7) is 1.70. The molecule has 1 aromatic carbocycles. The molecular formula is C15H23ClN2O4S. The zero-order chi connectivity index (χ0) is 16.3. The van der Waals surface area contributed by atoms with Crippen molar-refractivity contribution in [2.75, 3.05) is 7.11 Å². The van der Waals surface area contributed by atoms with E-state index in [0.717, 1.165) is 25.7 Å². The smallest absolute Gasteiger partial charge is 0.337 e. The first-order chi connectivity index (χ1) is 10.3. The largest absolute Gasteiger partial charge is 0.465 e. The molecule has 1 saturated carbocycles. The summed E-state index contributed by atoms with van der Waals surface area (Å²) in [5.41, 5.74) is 6.65. The number of aryl methyl sites for hydroxylation is 1. The molecule has 0 heterocycles. The van der Waals surface area contributed by atoms with E-state index in [1.54, 1.807) is 19.1 Å². The molecular weight excluding hydrogens is 340 g/mol. The van der Waals surface area contributed by atoms with Crippen LogP contribution in [0.5, 0.6) is 0 Å². The zero-order valence-electron chi connectivity index (χ0n) is 13.2. The fourth-order valence-corrected chi connectivity index (χ4v) is 4.23. The molecule has 0 amide bonds. The van der Waals surface area contributed by atoms with Crippen molar-refractivity contribution in [2.24, 2.45) is 5.73 Å². The summed E-state index contributed by atoms with van der Waals surface area (Å²) in [7, 11) is -2.41. The first kappa shape index (κ1) is 19.9. The van der Waals surface area contributed by atoms with Crippen molar-refractivity contribution in [3.8, 4) is 0 Å². The van der Waals surface area contributed by atoms with Crippen molar-refractivity contribution in [1.82, 2.24) is 4.72 Å². The molecule has 0 aromatic heterocycles. The molecule has 23 heavy (non-hydrogen) atoms. The maximum absolute atomic E-state index is 12.6. The van der Waals surface area contributed by atoms with E-state index in [1.165, 1.54) is 13.2 Å². The molecule has 130 valence electrons. The predicted molar refractivity (Wildman–Crippen MR) is 90.3 cm³/mol. The van der Waals surface area contributed by atoms with Crippen LogP contribution in [0.3, 0.4) is 0 Å². The number of carbonyl (C=O) groups excluding carboxylic acids is 1. The number of nitrogens with two attached hydrogens (primary N) is 1. The van der Waals surface area contributed by atoms with Crippen LogP contribution >= 0.6 is 12.4 Å². The second-order valence-corrected chi connectivity index (χ2v) is 7.39. The monoisotopic (exact) mass is 362 g/mol. The standard InChI is InChI=1S/C15H22N2O4S.ClH/c1-10-3-4-11(15(18)21-2)9-14(10)22(19,20)17-13-7-5-12(16)6-8-13;/h3-4,9,12-13,17H,5-8,16H2,1-2H3;1H. The Morgan fingerprint density at radius 2 is 1.87 bits per heavy atom. The third-order valence-electron chi connectivity index (χ3n) is 3.99. The number of sulfonamides is 1. The average Bonchev–Trinajstić information content (AvgIpc) is 2.49. The topological polar surface area (TPSA) is 98.5 Å². The number of methoxy groups -OCH3 is 1. The minimum absolute atomic E-state index is 0. The van der Waals surface area contributed by atoms with Gasteiger partial charge in [-0.2, -0.15) is 0 Å². The number of halogens is 1. The van der Waals surface area contributed by atoms with Crippen LogP contribution in [0.4, 0.5) is 0 Å². The van der Waals surface area contributed by atoms with Gasteiger partial charge in [-0.25, -0.2) is 17.9 Å². The van der Waals surface area contributed by atoms with Crippen LogP contribution < -0.4 is 10.5 Å².